The summed E-state index contributed by atoms with van der Waals surface area (Å²) in [5.41, 5.74) is 0.644. The Kier molecular flexibility index (Phi) is 3.64. The zero-order valence-electron chi connectivity index (χ0n) is 11.4. The van der Waals surface area contributed by atoms with Crippen molar-refractivity contribution < 1.29 is 8.42 Å². The van der Waals surface area contributed by atoms with Crippen LogP contribution in [-0.4, -0.2) is 26.3 Å². The topological polar surface area (TPSA) is 74.7 Å². The van der Waals surface area contributed by atoms with Gasteiger partial charge in [-0.3, -0.25) is 0 Å². The highest BCUT2D eigenvalue weighted by molar-refractivity contribution is 7.90. The first kappa shape index (κ1) is 14.0. The van der Waals surface area contributed by atoms with Crippen molar-refractivity contribution in [1.82, 2.24) is 4.98 Å². The van der Waals surface area contributed by atoms with Gasteiger partial charge in [-0.15, -0.1) is 15.7 Å². The van der Waals surface area contributed by atoms with E-state index in [-0.39, 0.29) is 4.90 Å². The lowest BCUT2D eigenvalue weighted by Crippen LogP contribution is -2.26. The number of benzene rings is 1. The second-order valence-corrected chi connectivity index (χ2v) is 7.17. The standard InChI is InChI=1S/C13H14N4O2S2/c1-2-14-13-15-7-10(20-13)8-17-9-16-21(18,19)12-6-4-3-5-11(12)17/h3-7,9H,2,8H2,1H3,(H,14,15). The van der Waals surface area contributed by atoms with Crippen molar-refractivity contribution in [3.8, 4) is 0 Å². The Bertz CT molecular complexity index is 783. The van der Waals surface area contributed by atoms with Gasteiger partial charge in [-0.2, -0.15) is 8.42 Å². The second kappa shape index (κ2) is 5.45. The predicted molar refractivity (Wildman–Crippen MR) is 84.6 cm³/mol. The van der Waals surface area contributed by atoms with Gasteiger partial charge in [-0.25, -0.2) is 4.98 Å². The van der Waals surface area contributed by atoms with Gasteiger partial charge >= 0.3 is 0 Å². The van der Waals surface area contributed by atoms with E-state index in [4.69, 9.17) is 0 Å². The molecule has 0 saturated heterocycles. The quantitative estimate of drug-likeness (QED) is 0.935. The fourth-order valence-corrected chi connectivity index (χ4v) is 3.99. The molecule has 2 heterocycles. The maximum atomic E-state index is 11.9. The van der Waals surface area contributed by atoms with Crippen LogP contribution >= 0.6 is 11.3 Å². The molecule has 0 atom stereocenters. The molecule has 0 saturated carbocycles. The van der Waals surface area contributed by atoms with Crippen LogP contribution in [0.5, 0.6) is 0 Å². The van der Waals surface area contributed by atoms with Crippen LogP contribution < -0.4 is 10.2 Å². The molecule has 1 aliphatic heterocycles. The number of sulfonamides is 1. The van der Waals surface area contributed by atoms with Crippen LogP contribution in [0.15, 0.2) is 39.8 Å². The Balaban J connectivity index is 1.89. The normalized spacial score (nSPS) is 15.8. The highest BCUT2D eigenvalue weighted by Gasteiger charge is 2.25. The lowest BCUT2D eigenvalue weighted by atomic mass is 10.3. The number of hydrogen-bond donors (Lipinski definition) is 1. The van der Waals surface area contributed by atoms with Crippen LogP contribution in [0.2, 0.25) is 0 Å². The average Bonchev–Trinajstić information content (AvgIpc) is 2.90. The van der Waals surface area contributed by atoms with Gasteiger partial charge in [0, 0.05) is 17.6 Å². The summed E-state index contributed by atoms with van der Waals surface area (Å²) in [4.78, 5) is 7.37. The summed E-state index contributed by atoms with van der Waals surface area (Å²) in [6.07, 6.45) is 3.16. The van der Waals surface area contributed by atoms with Gasteiger partial charge in [0.25, 0.3) is 10.0 Å². The van der Waals surface area contributed by atoms with Crippen molar-refractivity contribution >= 4 is 38.5 Å². The number of anilines is 2. The Morgan fingerprint density at radius 1 is 1.33 bits per heavy atom. The molecule has 2 aromatic rings. The molecule has 21 heavy (non-hydrogen) atoms. The molecule has 0 amide bonds. The first-order valence-electron chi connectivity index (χ1n) is 6.45. The van der Waals surface area contributed by atoms with Gasteiger partial charge in [0.15, 0.2) is 5.13 Å². The lowest BCUT2D eigenvalue weighted by molar-refractivity contribution is 0.597. The first-order chi connectivity index (χ1) is 10.1. The molecule has 1 aromatic carbocycles. The van der Waals surface area contributed by atoms with E-state index in [0.717, 1.165) is 16.6 Å². The largest absolute Gasteiger partial charge is 0.362 e. The minimum atomic E-state index is -3.57. The number of rotatable bonds is 4. The van der Waals surface area contributed by atoms with Crippen LogP contribution in [0.25, 0.3) is 0 Å². The summed E-state index contributed by atoms with van der Waals surface area (Å²) < 4.78 is 27.5. The molecule has 1 aromatic heterocycles. The van der Waals surface area contributed by atoms with E-state index in [2.05, 4.69) is 14.7 Å². The number of nitrogens with zero attached hydrogens (tertiary/aromatic N) is 3. The summed E-state index contributed by atoms with van der Waals surface area (Å²) in [6.45, 7) is 3.37. The minimum absolute atomic E-state index is 0.240. The number of nitrogens with one attached hydrogen (secondary N) is 1. The monoisotopic (exact) mass is 322 g/mol. The molecule has 3 rings (SSSR count). The summed E-state index contributed by atoms with van der Waals surface area (Å²) in [6, 6.07) is 6.87. The predicted octanol–water partition coefficient (Wildman–Crippen LogP) is 2.31. The van der Waals surface area contributed by atoms with Gasteiger partial charge in [0.05, 0.1) is 12.2 Å². The molecule has 0 radical (unpaired) electrons. The number of aromatic nitrogens is 1. The molecule has 110 valence electrons. The molecule has 8 heteroatoms. The van der Waals surface area contributed by atoms with Crippen LogP contribution in [0.1, 0.15) is 11.8 Å². The Morgan fingerprint density at radius 3 is 2.95 bits per heavy atom. The Morgan fingerprint density at radius 2 is 2.14 bits per heavy atom. The molecule has 0 aliphatic carbocycles. The highest BCUT2D eigenvalue weighted by Crippen LogP contribution is 2.31. The fourth-order valence-electron chi connectivity index (χ4n) is 2.06. The van der Waals surface area contributed by atoms with Crippen molar-refractivity contribution in [2.24, 2.45) is 4.40 Å². The van der Waals surface area contributed by atoms with Crippen molar-refractivity contribution in [1.29, 1.82) is 0 Å². The van der Waals surface area contributed by atoms with Crippen molar-refractivity contribution in [2.75, 3.05) is 16.8 Å². The number of hydrogen-bond acceptors (Lipinski definition) is 6. The molecule has 0 fully saturated rings. The number of fused-ring (bicyclic) bond motifs is 1. The lowest BCUT2D eigenvalue weighted by Gasteiger charge is -2.24. The second-order valence-electron chi connectivity index (χ2n) is 4.45. The van der Waals surface area contributed by atoms with Crippen LogP contribution in [-0.2, 0) is 16.6 Å². The Hall–Kier alpha value is -1.93. The summed E-state index contributed by atoms with van der Waals surface area (Å²) in [7, 11) is -3.57. The van der Waals surface area contributed by atoms with E-state index in [9.17, 15) is 8.42 Å². The van der Waals surface area contributed by atoms with Crippen LogP contribution in [0.4, 0.5) is 10.8 Å². The van der Waals surface area contributed by atoms with Gasteiger partial charge in [0.1, 0.15) is 11.2 Å². The fraction of sp³-hybridized carbons (Fsp3) is 0.231. The average molecular weight is 322 g/mol. The molecule has 0 unspecified atom stereocenters. The summed E-state index contributed by atoms with van der Waals surface area (Å²) >= 11 is 1.55. The third-order valence-corrected chi connectivity index (χ3v) is 5.20. The van der Waals surface area contributed by atoms with E-state index in [1.807, 2.05) is 17.9 Å². The van der Waals surface area contributed by atoms with E-state index >= 15 is 0 Å². The number of para-hydroxylation sites is 1. The zero-order valence-corrected chi connectivity index (χ0v) is 13.0. The van der Waals surface area contributed by atoms with Crippen LogP contribution in [0, 0.1) is 0 Å². The van der Waals surface area contributed by atoms with Gasteiger partial charge < -0.3 is 10.2 Å². The van der Waals surface area contributed by atoms with Crippen molar-refractivity contribution in [3.05, 3.63) is 35.3 Å². The van der Waals surface area contributed by atoms with Gasteiger partial charge in [-0.1, -0.05) is 12.1 Å². The van der Waals surface area contributed by atoms with Crippen molar-refractivity contribution in [3.63, 3.8) is 0 Å². The highest BCUT2D eigenvalue weighted by atomic mass is 32.2. The third kappa shape index (κ3) is 2.77. The SMILES string of the molecule is CCNc1ncc(CN2C=NS(=O)(=O)c3ccccc32)s1. The van der Waals surface area contributed by atoms with Crippen molar-refractivity contribution in [2.45, 2.75) is 18.4 Å². The molecule has 6 nitrogen and oxygen atoms in total. The maximum Gasteiger partial charge on any atom is 0.285 e. The number of thiazole rings is 1. The van der Waals surface area contributed by atoms with E-state index in [0.29, 0.717) is 12.2 Å². The minimum Gasteiger partial charge on any atom is -0.362 e. The third-order valence-electron chi connectivity index (χ3n) is 2.99. The van der Waals surface area contributed by atoms with E-state index < -0.39 is 10.0 Å². The molecule has 0 bridgehead atoms. The molecule has 0 spiro atoms. The van der Waals surface area contributed by atoms with Gasteiger partial charge in [-0.05, 0) is 19.1 Å². The Labute approximate surface area is 127 Å². The summed E-state index contributed by atoms with van der Waals surface area (Å²) in [5.74, 6) is 0. The van der Waals surface area contributed by atoms with E-state index in [1.165, 1.54) is 6.34 Å². The van der Waals surface area contributed by atoms with Gasteiger partial charge in [0.2, 0.25) is 0 Å². The zero-order chi connectivity index (χ0) is 14.9. The van der Waals surface area contributed by atoms with E-state index in [1.54, 1.807) is 35.7 Å². The maximum absolute atomic E-state index is 11.9. The molecule has 1 N–H and O–H groups in total. The molecular weight excluding hydrogens is 308 g/mol. The summed E-state index contributed by atoms with van der Waals surface area (Å²) in [5, 5.41) is 4.02. The molecular formula is C13H14N4O2S2. The smallest absolute Gasteiger partial charge is 0.285 e. The first-order valence-corrected chi connectivity index (χ1v) is 8.70. The van der Waals surface area contributed by atoms with Crippen LogP contribution in [0.3, 0.4) is 0 Å². The molecule has 1 aliphatic rings.